The van der Waals surface area contributed by atoms with Gasteiger partial charge in [0.1, 0.15) is 0 Å². The zero-order valence-electron chi connectivity index (χ0n) is 10.7. The van der Waals surface area contributed by atoms with E-state index in [4.69, 9.17) is 5.26 Å². The summed E-state index contributed by atoms with van der Waals surface area (Å²) in [5.74, 6) is -0.0526. The fourth-order valence-corrected chi connectivity index (χ4v) is 2.71. The SMILES string of the molecule is CC1=NN(c2nc(-c3ccc(C#N)cc3)cs2)C(=O)C1. The first-order chi connectivity index (χ1) is 9.67. The topological polar surface area (TPSA) is 69.3 Å². The monoisotopic (exact) mass is 282 g/mol. The second-order valence-corrected chi connectivity index (χ2v) is 5.26. The number of benzene rings is 1. The van der Waals surface area contributed by atoms with Crippen molar-refractivity contribution in [2.45, 2.75) is 13.3 Å². The smallest absolute Gasteiger partial charge is 0.255 e. The maximum atomic E-state index is 11.8. The third-order valence-corrected chi connectivity index (χ3v) is 3.71. The van der Waals surface area contributed by atoms with Crippen molar-refractivity contribution in [2.24, 2.45) is 5.10 Å². The summed E-state index contributed by atoms with van der Waals surface area (Å²) in [6.45, 7) is 1.83. The van der Waals surface area contributed by atoms with Crippen LogP contribution >= 0.6 is 11.3 Å². The molecule has 2 heterocycles. The van der Waals surface area contributed by atoms with Crippen molar-refractivity contribution in [3.8, 4) is 17.3 Å². The lowest BCUT2D eigenvalue weighted by Crippen LogP contribution is -2.19. The molecule has 1 amide bonds. The van der Waals surface area contributed by atoms with Gasteiger partial charge in [-0.05, 0) is 19.1 Å². The minimum Gasteiger partial charge on any atom is -0.272 e. The van der Waals surface area contributed by atoms with E-state index in [9.17, 15) is 4.79 Å². The standard InChI is InChI=1S/C14H10N4OS/c1-9-6-13(19)18(17-9)14-16-12(8-20-14)11-4-2-10(7-15)3-5-11/h2-5,8H,6H2,1H3. The molecule has 0 radical (unpaired) electrons. The molecular weight excluding hydrogens is 272 g/mol. The van der Waals surface area contributed by atoms with Gasteiger partial charge in [0.2, 0.25) is 5.13 Å². The molecule has 98 valence electrons. The maximum absolute atomic E-state index is 11.8. The molecule has 5 nitrogen and oxygen atoms in total. The molecule has 20 heavy (non-hydrogen) atoms. The Balaban J connectivity index is 1.90. The van der Waals surface area contributed by atoms with Crippen molar-refractivity contribution in [1.29, 1.82) is 5.26 Å². The number of hydrazone groups is 1. The van der Waals surface area contributed by atoms with Gasteiger partial charge in [-0.2, -0.15) is 15.4 Å². The van der Waals surface area contributed by atoms with Crippen LogP contribution < -0.4 is 5.01 Å². The highest BCUT2D eigenvalue weighted by Crippen LogP contribution is 2.29. The average Bonchev–Trinajstić information content (AvgIpc) is 3.05. The van der Waals surface area contributed by atoms with Crippen molar-refractivity contribution in [2.75, 3.05) is 5.01 Å². The number of carbonyl (C=O) groups is 1. The predicted molar refractivity (Wildman–Crippen MR) is 77.5 cm³/mol. The van der Waals surface area contributed by atoms with E-state index in [1.54, 1.807) is 12.1 Å². The molecule has 0 unspecified atom stereocenters. The molecule has 1 aromatic heterocycles. The summed E-state index contributed by atoms with van der Waals surface area (Å²) in [7, 11) is 0. The highest BCUT2D eigenvalue weighted by Gasteiger charge is 2.25. The molecule has 1 aliphatic heterocycles. The van der Waals surface area contributed by atoms with Gasteiger partial charge in [-0.3, -0.25) is 4.79 Å². The van der Waals surface area contributed by atoms with Gasteiger partial charge in [0.25, 0.3) is 5.91 Å². The Bertz CT molecular complexity index is 739. The number of rotatable bonds is 2. The molecule has 0 aliphatic carbocycles. The third-order valence-electron chi connectivity index (χ3n) is 2.90. The van der Waals surface area contributed by atoms with Gasteiger partial charge in [0, 0.05) is 16.7 Å². The van der Waals surface area contributed by atoms with Crippen molar-refractivity contribution >= 4 is 28.1 Å². The molecule has 0 bridgehead atoms. The zero-order valence-corrected chi connectivity index (χ0v) is 11.5. The van der Waals surface area contributed by atoms with Gasteiger partial charge in [-0.15, -0.1) is 11.3 Å². The number of hydrogen-bond donors (Lipinski definition) is 0. The summed E-state index contributed by atoms with van der Waals surface area (Å²) in [4.78, 5) is 16.2. The summed E-state index contributed by atoms with van der Waals surface area (Å²) < 4.78 is 0. The number of hydrogen-bond acceptors (Lipinski definition) is 5. The van der Waals surface area contributed by atoms with Crippen LogP contribution in [0.25, 0.3) is 11.3 Å². The van der Waals surface area contributed by atoms with Crippen LogP contribution in [-0.4, -0.2) is 16.6 Å². The minimum atomic E-state index is -0.0526. The number of carbonyl (C=O) groups excluding carboxylic acids is 1. The second kappa shape index (κ2) is 4.87. The molecule has 0 spiro atoms. The van der Waals surface area contributed by atoms with E-state index in [1.807, 2.05) is 24.4 Å². The van der Waals surface area contributed by atoms with Crippen molar-refractivity contribution < 1.29 is 4.79 Å². The first-order valence-electron chi connectivity index (χ1n) is 6.00. The molecule has 3 rings (SSSR count). The van der Waals surface area contributed by atoms with E-state index in [1.165, 1.54) is 16.3 Å². The van der Waals surface area contributed by atoms with E-state index in [-0.39, 0.29) is 5.91 Å². The van der Waals surface area contributed by atoms with Crippen LogP contribution in [0.5, 0.6) is 0 Å². The normalized spacial score (nSPS) is 14.3. The highest BCUT2D eigenvalue weighted by atomic mass is 32.1. The van der Waals surface area contributed by atoms with Gasteiger partial charge < -0.3 is 0 Å². The Morgan fingerprint density at radius 3 is 2.70 bits per heavy atom. The lowest BCUT2D eigenvalue weighted by Gasteiger charge is -2.05. The first-order valence-corrected chi connectivity index (χ1v) is 6.88. The molecule has 6 heteroatoms. The number of amides is 1. The van der Waals surface area contributed by atoms with Gasteiger partial charge in [-0.1, -0.05) is 12.1 Å². The average molecular weight is 282 g/mol. The number of nitriles is 1. The van der Waals surface area contributed by atoms with Crippen molar-refractivity contribution in [1.82, 2.24) is 4.98 Å². The third kappa shape index (κ3) is 2.19. The van der Waals surface area contributed by atoms with Crippen LogP contribution in [0.4, 0.5) is 5.13 Å². The number of nitrogens with zero attached hydrogens (tertiary/aromatic N) is 4. The molecule has 0 fully saturated rings. The predicted octanol–water partition coefficient (Wildman–Crippen LogP) is 2.79. The number of aromatic nitrogens is 1. The van der Waals surface area contributed by atoms with Crippen LogP contribution in [0.1, 0.15) is 18.9 Å². The molecule has 0 N–H and O–H groups in total. The minimum absolute atomic E-state index is 0.0526. The summed E-state index contributed by atoms with van der Waals surface area (Å²) >= 11 is 1.38. The van der Waals surface area contributed by atoms with Crippen LogP contribution in [0, 0.1) is 11.3 Å². The van der Waals surface area contributed by atoms with Crippen LogP contribution in [0.15, 0.2) is 34.7 Å². The fourth-order valence-electron chi connectivity index (χ4n) is 1.91. The van der Waals surface area contributed by atoms with Gasteiger partial charge in [0.05, 0.1) is 23.7 Å². The van der Waals surface area contributed by atoms with Crippen LogP contribution in [0.2, 0.25) is 0 Å². The van der Waals surface area contributed by atoms with Crippen LogP contribution in [0.3, 0.4) is 0 Å². The fraction of sp³-hybridized carbons (Fsp3) is 0.143. The van der Waals surface area contributed by atoms with E-state index < -0.39 is 0 Å². The Morgan fingerprint density at radius 1 is 1.35 bits per heavy atom. The van der Waals surface area contributed by atoms with Crippen molar-refractivity contribution in [3.05, 3.63) is 35.2 Å². The van der Waals surface area contributed by atoms with E-state index in [0.717, 1.165) is 17.0 Å². The van der Waals surface area contributed by atoms with Gasteiger partial charge in [-0.25, -0.2) is 4.98 Å². The van der Waals surface area contributed by atoms with Crippen molar-refractivity contribution in [3.63, 3.8) is 0 Å². The summed E-state index contributed by atoms with van der Waals surface area (Å²) in [6.07, 6.45) is 0.353. The van der Waals surface area contributed by atoms with Crippen LogP contribution in [-0.2, 0) is 4.79 Å². The number of anilines is 1. The lowest BCUT2D eigenvalue weighted by atomic mass is 10.1. The molecule has 1 aliphatic rings. The largest absolute Gasteiger partial charge is 0.272 e. The lowest BCUT2D eigenvalue weighted by molar-refractivity contribution is -0.116. The zero-order chi connectivity index (χ0) is 14.1. The number of thiazole rings is 1. The first kappa shape index (κ1) is 12.5. The maximum Gasteiger partial charge on any atom is 0.255 e. The molecule has 2 aromatic rings. The van der Waals surface area contributed by atoms with Gasteiger partial charge in [0.15, 0.2) is 0 Å². The summed E-state index contributed by atoms with van der Waals surface area (Å²) in [5.41, 5.74) is 3.10. The Labute approximate surface area is 119 Å². The highest BCUT2D eigenvalue weighted by molar-refractivity contribution is 7.14. The quantitative estimate of drug-likeness (QED) is 0.850. The molecule has 1 aromatic carbocycles. The molecule has 0 saturated heterocycles. The summed E-state index contributed by atoms with van der Waals surface area (Å²) in [5, 5.41) is 16.8. The Kier molecular flexibility index (Phi) is 3.05. The van der Waals surface area contributed by atoms with E-state index in [0.29, 0.717) is 17.1 Å². The summed E-state index contributed by atoms with van der Waals surface area (Å²) in [6, 6.07) is 9.26. The Hall–Kier alpha value is -2.52. The molecule has 0 saturated carbocycles. The molecule has 0 atom stereocenters. The molecular formula is C14H10N4OS. The van der Waals surface area contributed by atoms with Gasteiger partial charge >= 0.3 is 0 Å². The van der Waals surface area contributed by atoms with E-state index in [2.05, 4.69) is 16.2 Å². The Morgan fingerprint density at radius 2 is 2.10 bits per heavy atom. The van der Waals surface area contributed by atoms with E-state index >= 15 is 0 Å². The second-order valence-electron chi connectivity index (χ2n) is 4.42.